The van der Waals surface area contributed by atoms with E-state index in [1.807, 2.05) is 30.3 Å². The first-order chi connectivity index (χ1) is 14.2. The third-order valence-electron chi connectivity index (χ3n) is 5.52. The van der Waals surface area contributed by atoms with Crippen molar-refractivity contribution in [1.82, 2.24) is 9.47 Å². The molecule has 0 radical (unpaired) electrons. The highest BCUT2D eigenvalue weighted by Gasteiger charge is 2.31. The molecule has 0 aliphatic carbocycles. The van der Waals surface area contributed by atoms with Gasteiger partial charge in [-0.25, -0.2) is 4.79 Å². The van der Waals surface area contributed by atoms with Crippen molar-refractivity contribution in [2.24, 2.45) is 7.05 Å². The number of benzene rings is 1. The summed E-state index contributed by atoms with van der Waals surface area (Å²) in [5.74, 6) is -0.809. The zero-order chi connectivity index (χ0) is 22.4. The van der Waals surface area contributed by atoms with Crippen molar-refractivity contribution < 1.29 is 19.1 Å². The van der Waals surface area contributed by atoms with Crippen LogP contribution in [0.3, 0.4) is 0 Å². The van der Waals surface area contributed by atoms with Gasteiger partial charge in [-0.05, 0) is 38.3 Å². The molecule has 0 bridgehead atoms. The Bertz CT molecular complexity index is 944. The topological polar surface area (TPSA) is 68.6 Å². The van der Waals surface area contributed by atoms with Crippen LogP contribution >= 0.6 is 0 Å². The van der Waals surface area contributed by atoms with Crippen LogP contribution in [0.25, 0.3) is 0 Å². The Morgan fingerprint density at radius 2 is 1.83 bits per heavy atom. The molecule has 2 rings (SSSR count). The molecular weight excluding hydrogens is 380 g/mol. The molecule has 0 aliphatic rings. The molecule has 6 heteroatoms. The molecule has 0 saturated heterocycles. The minimum atomic E-state index is -0.684. The summed E-state index contributed by atoms with van der Waals surface area (Å²) in [6.45, 7) is 9.24. The predicted octanol–water partition coefficient (Wildman–Crippen LogP) is 3.65. The van der Waals surface area contributed by atoms with E-state index in [0.29, 0.717) is 35.4 Å². The monoisotopic (exact) mass is 410 g/mol. The Morgan fingerprint density at radius 3 is 2.40 bits per heavy atom. The van der Waals surface area contributed by atoms with E-state index in [0.717, 1.165) is 5.56 Å². The number of ether oxygens (including phenoxy) is 1. The van der Waals surface area contributed by atoms with Crippen molar-refractivity contribution in [2.75, 3.05) is 13.7 Å². The molecular formula is C24H30N2O4. The number of carbonyl (C=O) groups excluding carboxylic acids is 3. The predicted molar refractivity (Wildman–Crippen MR) is 117 cm³/mol. The molecule has 30 heavy (non-hydrogen) atoms. The fourth-order valence-corrected chi connectivity index (χ4v) is 3.73. The lowest BCUT2D eigenvalue weighted by molar-refractivity contribution is -0.131. The summed E-state index contributed by atoms with van der Waals surface area (Å²) in [6.07, 6.45) is 2.52. The van der Waals surface area contributed by atoms with Crippen molar-refractivity contribution in [1.29, 1.82) is 0 Å². The molecule has 1 aromatic heterocycles. The smallest absolute Gasteiger partial charge is 0.354 e. The molecule has 0 N–H and O–H groups in total. The van der Waals surface area contributed by atoms with Crippen LogP contribution in [0.1, 0.15) is 51.0 Å². The average Bonchev–Trinajstić information content (AvgIpc) is 2.97. The number of aryl methyl sites for hydroxylation is 1. The van der Waals surface area contributed by atoms with Gasteiger partial charge in [-0.1, -0.05) is 36.4 Å². The van der Waals surface area contributed by atoms with Gasteiger partial charge in [-0.2, -0.15) is 0 Å². The van der Waals surface area contributed by atoms with Gasteiger partial charge in [0.1, 0.15) is 5.69 Å². The molecule has 0 spiro atoms. The second-order valence-corrected chi connectivity index (χ2v) is 7.35. The van der Waals surface area contributed by atoms with Crippen molar-refractivity contribution in [3.63, 3.8) is 0 Å². The van der Waals surface area contributed by atoms with E-state index in [9.17, 15) is 14.4 Å². The van der Waals surface area contributed by atoms with Crippen molar-refractivity contribution in [3.8, 4) is 0 Å². The Kier molecular flexibility index (Phi) is 7.75. The van der Waals surface area contributed by atoms with Crippen molar-refractivity contribution in [2.45, 2.75) is 39.7 Å². The Hall–Kier alpha value is -3.15. The van der Waals surface area contributed by atoms with Gasteiger partial charge < -0.3 is 14.2 Å². The van der Waals surface area contributed by atoms with Crippen LogP contribution in [0.5, 0.6) is 0 Å². The molecule has 0 unspecified atom stereocenters. The number of nitrogens with zero attached hydrogens (tertiary/aromatic N) is 2. The number of Topliss-reactive ketones (excluding diaryl/α,β-unsaturated/α-hetero) is 1. The number of carbonyl (C=O) groups is 3. The van der Waals surface area contributed by atoms with Crippen molar-refractivity contribution >= 4 is 17.7 Å². The van der Waals surface area contributed by atoms with E-state index in [2.05, 4.69) is 6.58 Å². The third kappa shape index (κ3) is 4.70. The first-order valence-corrected chi connectivity index (χ1v) is 9.97. The molecule has 0 saturated carbocycles. The van der Waals surface area contributed by atoms with Gasteiger partial charge in [-0.3, -0.25) is 9.59 Å². The van der Waals surface area contributed by atoms with E-state index in [1.54, 1.807) is 43.4 Å². The molecule has 1 amide bonds. The summed E-state index contributed by atoms with van der Waals surface area (Å²) < 4.78 is 6.52. The van der Waals surface area contributed by atoms with E-state index < -0.39 is 12.0 Å². The van der Waals surface area contributed by atoms with Gasteiger partial charge in [0, 0.05) is 31.3 Å². The second-order valence-electron chi connectivity index (χ2n) is 7.35. The van der Waals surface area contributed by atoms with Crippen molar-refractivity contribution in [3.05, 3.63) is 71.1 Å². The van der Waals surface area contributed by atoms with Gasteiger partial charge in [0.15, 0.2) is 5.78 Å². The minimum absolute atomic E-state index is 0.112. The van der Waals surface area contributed by atoms with Crippen LogP contribution in [0.15, 0.2) is 43.0 Å². The fourth-order valence-electron chi connectivity index (χ4n) is 3.73. The normalized spacial score (nSPS) is 11.6. The molecule has 1 atom stereocenters. The molecule has 0 aliphatic heterocycles. The van der Waals surface area contributed by atoms with E-state index >= 15 is 0 Å². The van der Waals surface area contributed by atoms with Gasteiger partial charge in [0.2, 0.25) is 5.91 Å². The molecule has 6 nitrogen and oxygen atoms in total. The Morgan fingerprint density at radius 1 is 1.20 bits per heavy atom. The lowest BCUT2D eigenvalue weighted by Crippen LogP contribution is -2.43. The van der Waals surface area contributed by atoms with Crippen LogP contribution < -0.4 is 0 Å². The van der Waals surface area contributed by atoms with Crippen LogP contribution in [-0.4, -0.2) is 46.8 Å². The first-order valence-electron chi connectivity index (χ1n) is 9.97. The lowest BCUT2D eigenvalue weighted by Gasteiger charge is -2.27. The summed E-state index contributed by atoms with van der Waals surface area (Å²) in [5, 5.41) is 0. The highest BCUT2D eigenvalue weighted by molar-refractivity contribution is 6.06. The minimum Gasteiger partial charge on any atom is -0.464 e. The number of hydrogen-bond donors (Lipinski definition) is 0. The van der Waals surface area contributed by atoms with Crippen LogP contribution in [0, 0.1) is 13.8 Å². The summed E-state index contributed by atoms with van der Waals surface area (Å²) >= 11 is 0. The Labute approximate surface area is 178 Å². The van der Waals surface area contributed by atoms with Gasteiger partial charge in [-0.15, -0.1) is 6.58 Å². The molecule has 1 heterocycles. The maximum atomic E-state index is 13.4. The quantitative estimate of drug-likeness (QED) is 0.360. The number of ketones is 1. The fraction of sp³-hybridized carbons (Fsp3) is 0.375. The van der Waals surface area contributed by atoms with Gasteiger partial charge in [0.25, 0.3) is 0 Å². The average molecular weight is 411 g/mol. The number of aromatic nitrogens is 1. The number of esters is 1. The SMILES string of the molecule is C=CCN(C(=O)CCc1ccccc1)[C@H](C)C(=O)c1c(C)c(C(=O)OC)n(C)c1C. The maximum Gasteiger partial charge on any atom is 0.354 e. The molecule has 2 aromatic rings. The lowest BCUT2D eigenvalue weighted by atomic mass is 9.99. The summed E-state index contributed by atoms with van der Waals surface area (Å²) in [4.78, 5) is 40.0. The van der Waals surface area contributed by atoms with Gasteiger partial charge >= 0.3 is 5.97 Å². The zero-order valence-corrected chi connectivity index (χ0v) is 18.4. The molecule has 160 valence electrons. The number of hydrogen-bond acceptors (Lipinski definition) is 4. The van der Waals surface area contributed by atoms with Gasteiger partial charge in [0.05, 0.1) is 13.2 Å². The zero-order valence-electron chi connectivity index (χ0n) is 18.4. The standard InChI is InChI=1S/C24H30N2O4/c1-7-15-26(20(27)14-13-19-11-9-8-10-12-19)18(4)23(28)21-16(2)22(24(29)30-6)25(5)17(21)3/h7-12,18H,1,13-15H2,2-6H3/t18-/m1/s1. The van der Waals surface area contributed by atoms with Crippen LogP contribution in [0.2, 0.25) is 0 Å². The van der Waals surface area contributed by atoms with Crippen LogP contribution in [0.4, 0.5) is 0 Å². The number of methoxy groups -OCH3 is 1. The van der Waals surface area contributed by atoms with E-state index in [1.165, 1.54) is 7.11 Å². The van der Waals surface area contributed by atoms with Crippen LogP contribution in [-0.2, 0) is 23.0 Å². The van der Waals surface area contributed by atoms with E-state index in [4.69, 9.17) is 4.74 Å². The number of rotatable bonds is 9. The van der Waals surface area contributed by atoms with E-state index in [-0.39, 0.29) is 18.2 Å². The summed E-state index contributed by atoms with van der Waals surface area (Å²) in [5.41, 5.74) is 3.10. The second kappa shape index (κ2) is 10.1. The highest BCUT2D eigenvalue weighted by atomic mass is 16.5. The summed E-state index contributed by atoms with van der Waals surface area (Å²) in [6, 6.07) is 9.08. The number of amides is 1. The first kappa shape index (κ1) is 23.1. The Balaban J connectivity index is 2.27. The molecule has 1 aromatic carbocycles. The largest absolute Gasteiger partial charge is 0.464 e. The third-order valence-corrected chi connectivity index (χ3v) is 5.52. The molecule has 0 fully saturated rings. The summed E-state index contributed by atoms with van der Waals surface area (Å²) in [7, 11) is 3.04. The maximum absolute atomic E-state index is 13.4. The highest BCUT2D eigenvalue weighted by Crippen LogP contribution is 2.25.